The van der Waals surface area contributed by atoms with E-state index >= 15 is 0 Å². The van der Waals surface area contributed by atoms with Crippen LogP contribution in [-0.2, 0) is 11.3 Å². The number of hydrogen-bond donors (Lipinski definition) is 1. The Hall–Kier alpha value is -3.00. The fraction of sp³-hybridized carbons (Fsp3) is 0.429. The fourth-order valence-corrected chi connectivity index (χ4v) is 3.61. The molecule has 0 saturated carbocycles. The van der Waals surface area contributed by atoms with E-state index in [1.807, 2.05) is 17.0 Å². The van der Waals surface area contributed by atoms with Gasteiger partial charge in [-0.15, -0.1) is 0 Å². The summed E-state index contributed by atoms with van der Waals surface area (Å²) >= 11 is 0. The molecule has 8 nitrogen and oxygen atoms in total. The van der Waals surface area contributed by atoms with Gasteiger partial charge in [-0.05, 0) is 30.7 Å². The summed E-state index contributed by atoms with van der Waals surface area (Å²) in [7, 11) is 0. The topological polar surface area (TPSA) is 84.3 Å². The quantitative estimate of drug-likeness (QED) is 0.797. The smallest absolute Gasteiger partial charge is 0.254 e. The van der Waals surface area contributed by atoms with Crippen molar-refractivity contribution >= 4 is 11.8 Å². The number of aryl methyl sites for hydroxylation is 1. The van der Waals surface area contributed by atoms with Gasteiger partial charge in [-0.3, -0.25) is 14.5 Å². The molecule has 3 heterocycles. The normalized spacial score (nSPS) is 16.1. The molecular formula is C21H25N3O5. The molecule has 154 valence electrons. The predicted molar refractivity (Wildman–Crippen MR) is 105 cm³/mol. The lowest BCUT2D eigenvalue weighted by atomic mass is 10.1. The molecule has 1 saturated heterocycles. The predicted octanol–water partition coefficient (Wildman–Crippen LogP) is 1.78. The summed E-state index contributed by atoms with van der Waals surface area (Å²) in [6.07, 6.45) is 1.78. The molecule has 0 atom stereocenters. The third-order valence-electron chi connectivity index (χ3n) is 5.30. The highest BCUT2D eigenvalue weighted by Gasteiger charge is 2.22. The molecule has 1 aromatic carbocycles. The minimum Gasteiger partial charge on any atom is -0.469 e. The maximum Gasteiger partial charge on any atom is 0.254 e. The molecule has 0 aliphatic carbocycles. The van der Waals surface area contributed by atoms with Crippen LogP contribution >= 0.6 is 0 Å². The number of rotatable bonds is 6. The molecule has 29 heavy (non-hydrogen) atoms. The number of furan rings is 1. The zero-order valence-corrected chi connectivity index (χ0v) is 16.5. The molecule has 1 aromatic heterocycles. The van der Waals surface area contributed by atoms with Crippen molar-refractivity contribution in [3.63, 3.8) is 0 Å². The SMILES string of the molecule is Cc1occc1C(=O)NCCC(=O)N1CCN(Cc2ccc3c(c2)OCO3)CC1. The lowest BCUT2D eigenvalue weighted by Crippen LogP contribution is -2.48. The third kappa shape index (κ3) is 4.54. The second kappa shape index (κ2) is 8.57. The largest absolute Gasteiger partial charge is 0.469 e. The van der Waals surface area contributed by atoms with Crippen LogP contribution in [0.4, 0.5) is 0 Å². The van der Waals surface area contributed by atoms with E-state index in [-0.39, 0.29) is 18.6 Å². The van der Waals surface area contributed by atoms with Crippen LogP contribution in [0.3, 0.4) is 0 Å². The van der Waals surface area contributed by atoms with E-state index in [4.69, 9.17) is 13.9 Å². The highest BCUT2D eigenvalue weighted by atomic mass is 16.7. The van der Waals surface area contributed by atoms with Crippen molar-refractivity contribution in [2.24, 2.45) is 0 Å². The molecular weight excluding hydrogens is 374 g/mol. The Bertz CT molecular complexity index is 886. The minimum atomic E-state index is -0.211. The maximum absolute atomic E-state index is 12.4. The first kappa shape index (κ1) is 19.3. The number of amides is 2. The van der Waals surface area contributed by atoms with E-state index in [0.717, 1.165) is 31.1 Å². The Morgan fingerprint density at radius 2 is 1.86 bits per heavy atom. The Kier molecular flexibility index (Phi) is 5.71. The number of carbonyl (C=O) groups is 2. The Balaban J connectivity index is 1.18. The van der Waals surface area contributed by atoms with Gasteiger partial charge in [-0.25, -0.2) is 0 Å². The number of ether oxygens (including phenoxy) is 2. The highest BCUT2D eigenvalue weighted by Crippen LogP contribution is 2.32. The van der Waals surface area contributed by atoms with Gasteiger partial charge in [0.2, 0.25) is 12.7 Å². The lowest BCUT2D eigenvalue weighted by Gasteiger charge is -2.34. The average molecular weight is 399 g/mol. The first-order valence-electron chi connectivity index (χ1n) is 9.81. The summed E-state index contributed by atoms with van der Waals surface area (Å²) in [4.78, 5) is 28.7. The van der Waals surface area contributed by atoms with Crippen molar-refractivity contribution in [3.8, 4) is 11.5 Å². The summed E-state index contributed by atoms with van der Waals surface area (Å²) < 4.78 is 15.9. The number of fused-ring (bicyclic) bond motifs is 1. The average Bonchev–Trinajstić information content (AvgIpc) is 3.36. The van der Waals surface area contributed by atoms with Gasteiger partial charge in [0.05, 0.1) is 11.8 Å². The molecule has 1 fully saturated rings. The van der Waals surface area contributed by atoms with Crippen LogP contribution in [-0.4, -0.2) is 61.1 Å². The van der Waals surface area contributed by atoms with Crippen molar-refractivity contribution < 1.29 is 23.5 Å². The summed E-state index contributed by atoms with van der Waals surface area (Å²) in [6.45, 7) is 6.18. The standard InChI is InChI=1S/C21H25N3O5/c1-15-17(5-11-27-15)21(26)22-6-4-20(25)24-9-7-23(8-10-24)13-16-2-3-18-19(12-16)29-14-28-18/h2-3,5,11-12H,4,6-10,13-14H2,1H3,(H,22,26). The van der Waals surface area contributed by atoms with Gasteiger partial charge in [-0.1, -0.05) is 6.07 Å². The van der Waals surface area contributed by atoms with Crippen molar-refractivity contribution in [3.05, 3.63) is 47.4 Å². The Morgan fingerprint density at radius 1 is 1.07 bits per heavy atom. The van der Waals surface area contributed by atoms with Crippen molar-refractivity contribution in [2.75, 3.05) is 39.5 Å². The number of piperazine rings is 1. The molecule has 0 radical (unpaired) electrons. The summed E-state index contributed by atoms with van der Waals surface area (Å²) in [5, 5.41) is 2.78. The van der Waals surface area contributed by atoms with E-state index in [9.17, 15) is 9.59 Å². The molecule has 0 unspecified atom stereocenters. The summed E-state index contributed by atoms with van der Waals surface area (Å²) in [5.41, 5.74) is 1.68. The minimum absolute atomic E-state index is 0.0666. The third-order valence-corrected chi connectivity index (χ3v) is 5.30. The molecule has 2 aromatic rings. The fourth-order valence-electron chi connectivity index (χ4n) is 3.61. The van der Waals surface area contributed by atoms with Crippen LogP contribution in [0.2, 0.25) is 0 Å². The van der Waals surface area contributed by atoms with Gasteiger partial charge in [0, 0.05) is 45.7 Å². The highest BCUT2D eigenvalue weighted by molar-refractivity contribution is 5.95. The maximum atomic E-state index is 12.4. The second-order valence-electron chi connectivity index (χ2n) is 7.24. The number of nitrogens with one attached hydrogen (secondary N) is 1. The molecule has 0 spiro atoms. The number of nitrogens with zero attached hydrogens (tertiary/aromatic N) is 2. The van der Waals surface area contributed by atoms with Crippen molar-refractivity contribution in [1.29, 1.82) is 0 Å². The second-order valence-corrected chi connectivity index (χ2v) is 7.24. The van der Waals surface area contributed by atoms with Crippen LogP contribution in [0.1, 0.15) is 28.1 Å². The molecule has 8 heteroatoms. The Morgan fingerprint density at radius 3 is 2.62 bits per heavy atom. The van der Waals surface area contributed by atoms with Gasteiger partial charge in [0.25, 0.3) is 5.91 Å². The first-order chi connectivity index (χ1) is 14.1. The Labute approximate surface area is 169 Å². The van der Waals surface area contributed by atoms with Crippen LogP contribution in [0.25, 0.3) is 0 Å². The molecule has 2 aliphatic heterocycles. The zero-order valence-electron chi connectivity index (χ0n) is 16.5. The van der Waals surface area contributed by atoms with Crippen molar-refractivity contribution in [2.45, 2.75) is 19.9 Å². The van der Waals surface area contributed by atoms with Crippen LogP contribution in [0.5, 0.6) is 11.5 Å². The molecule has 4 rings (SSSR count). The number of carbonyl (C=O) groups excluding carboxylic acids is 2. The molecule has 2 aliphatic rings. The lowest BCUT2D eigenvalue weighted by molar-refractivity contribution is -0.132. The van der Waals surface area contributed by atoms with Gasteiger partial charge in [0.1, 0.15) is 5.76 Å². The van der Waals surface area contributed by atoms with Gasteiger partial charge >= 0.3 is 0 Å². The first-order valence-corrected chi connectivity index (χ1v) is 9.81. The molecule has 2 amide bonds. The van der Waals surface area contributed by atoms with E-state index in [1.54, 1.807) is 13.0 Å². The van der Waals surface area contributed by atoms with Gasteiger partial charge < -0.3 is 24.1 Å². The van der Waals surface area contributed by atoms with E-state index < -0.39 is 0 Å². The van der Waals surface area contributed by atoms with Gasteiger partial charge in [-0.2, -0.15) is 0 Å². The zero-order chi connectivity index (χ0) is 20.2. The van der Waals surface area contributed by atoms with E-state index in [1.165, 1.54) is 11.8 Å². The molecule has 1 N–H and O–H groups in total. The summed E-state index contributed by atoms with van der Waals surface area (Å²) in [6, 6.07) is 7.64. The van der Waals surface area contributed by atoms with Crippen LogP contribution in [0.15, 0.2) is 34.9 Å². The monoisotopic (exact) mass is 399 g/mol. The molecule has 0 bridgehead atoms. The summed E-state index contributed by atoms with van der Waals surface area (Å²) in [5.74, 6) is 2.02. The van der Waals surface area contributed by atoms with Crippen molar-refractivity contribution in [1.82, 2.24) is 15.1 Å². The van der Waals surface area contributed by atoms with E-state index in [0.29, 0.717) is 37.4 Å². The van der Waals surface area contributed by atoms with Gasteiger partial charge in [0.15, 0.2) is 11.5 Å². The van der Waals surface area contributed by atoms with Crippen LogP contribution < -0.4 is 14.8 Å². The van der Waals surface area contributed by atoms with Crippen LogP contribution in [0, 0.1) is 6.92 Å². The number of hydrogen-bond acceptors (Lipinski definition) is 6. The van der Waals surface area contributed by atoms with E-state index in [2.05, 4.69) is 16.3 Å². The number of benzene rings is 1.